The van der Waals surface area contributed by atoms with Gasteiger partial charge in [0.1, 0.15) is 11.6 Å². The van der Waals surface area contributed by atoms with E-state index in [0.717, 1.165) is 13.2 Å². The van der Waals surface area contributed by atoms with Crippen LogP contribution in [0.25, 0.3) is 0 Å². The van der Waals surface area contributed by atoms with Crippen molar-refractivity contribution in [1.82, 2.24) is 0 Å². The number of nitro benzene ring substituents is 1. The highest BCUT2D eigenvalue weighted by atomic mass is 19.4. The first-order chi connectivity index (χ1) is 9.19. The molecule has 0 amide bonds. The minimum atomic E-state index is -5.22. The molecule has 0 saturated carbocycles. The van der Waals surface area contributed by atoms with Gasteiger partial charge in [0.05, 0.1) is 17.6 Å². The van der Waals surface area contributed by atoms with Crippen LogP contribution in [-0.2, 0) is 4.74 Å². The van der Waals surface area contributed by atoms with E-state index in [2.05, 4.69) is 9.47 Å². The van der Waals surface area contributed by atoms with E-state index >= 15 is 0 Å². The van der Waals surface area contributed by atoms with Crippen LogP contribution in [0.4, 0.5) is 18.9 Å². The molecule has 0 fully saturated rings. The molecule has 0 aromatic heterocycles. The lowest BCUT2D eigenvalue weighted by Gasteiger charge is -2.11. The molecule has 7 nitrogen and oxygen atoms in total. The normalized spacial score (nSPS) is 10.6. The van der Waals surface area contributed by atoms with Gasteiger partial charge in [0.25, 0.3) is 0 Å². The number of alkyl halides is 3. The molecule has 10 heteroatoms. The molecular weight excluding hydrogens is 285 g/mol. The van der Waals surface area contributed by atoms with Crippen molar-refractivity contribution in [2.24, 2.45) is 0 Å². The number of nitrogens with zero attached hydrogens (tertiary/aromatic N) is 2. The van der Waals surface area contributed by atoms with E-state index < -0.39 is 39.8 Å². The molecule has 0 spiro atoms. The highest BCUT2D eigenvalue weighted by molar-refractivity contribution is 5.91. The molecule has 0 saturated heterocycles. The standard InChI is InChI=1S/C10H5F3N2O5/c1-19-9(16)5-2-6(4-14)8(15(17)18)7(3-5)20-10(11,12)13/h2-3H,1H3. The molecule has 0 heterocycles. The molecule has 106 valence electrons. The smallest absolute Gasteiger partial charge is 0.465 e. The fourth-order valence-electron chi connectivity index (χ4n) is 1.32. The van der Waals surface area contributed by atoms with Crippen LogP contribution in [0.1, 0.15) is 15.9 Å². The first-order valence-corrected chi connectivity index (χ1v) is 4.76. The molecule has 1 rings (SSSR count). The second-order valence-electron chi connectivity index (χ2n) is 3.28. The van der Waals surface area contributed by atoms with Crippen LogP contribution in [0.3, 0.4) is 0 Å². The lowest BCUT2D eigenvalue weighted by Crippen LogP contribution is -2.19. The van der Waals surface area contributed by atoms with Gasteiger partial charge in [-0.3, -0.25) is 10.1 Å². The second-order valence-corrected chi connectivity index (χ2v) is 3.28. The number of carbonyl (C=O) groups is 1. The number of hydrogen-bond acceptors (Lipinski definition) is 6. The zero-order chi connectivity index (χ0) is 15.5. The van der Waals surface area contributed by atoms with Gasteiger partial charge in [0.2, 0.25) is 5.75 Å². The summed E-state index contributed by atoms with van der Waals surface area (Å²) in [6, 6.07) is 2.55. The third-order valence-electron chi connectivity index (χ3n) is 2.02. The minimum absolute atomic E-state index is 0.478. The van der Waals surface area contributed by atoms with Crippen molar-refractivity contribution >= 4 is 11.7 Å². The van der Waals surface area contributed by atoms with Crippen LogP contribution >= 0.6 is 0 Å². The average molecular weight is 290 g/mol. The van der Waals surface area contributed by atoms with Gasteiger partial charge in [-0.25, -0.2) is 4.79 Å². The Balaban J connectivity index is 3.55. The third kappa shape index (κ3) is 3.35. The number of halogens is 3. The van der Waals surface area contributed by atoms with E-state index in [1.807, 2.05) is 0 Å². The van der Waals surface area contributed by atoms with Crippen molar-refractivity contribution in [1.29, 1.82) is 5.26 Å². The topological polar surface area (TPSA) is 102 Å². The zero-order valence-corrected chi connectivity index (χ0v) is 9.72. The van der Waals surface area contributed by atoms with Gasteiger partial charge in [-0.05, 0) is 6.07 Å². The quantitative estimate of drug-likeness (QED) is 0.480. The van der Waals surface area contributed by atoms with Crippen LogP contribution in [0.5, 0.6) is 5.75 Å². The summed E-state index contributed by atoms with van der Waals surface area (Å²) < 4.78 is 44.3. The number of carbonyl (C=O) groups excluding carboxylic acids is 1. The molecule has 0 atom stereocenters. The van der Waals surface area contributed by atoms with Gasteiger partial charge in [-0.2, -0.15) is 5.26 Å². The number of esters is 1. The van der Waals surface area contributed by atoms with Gasteiger partial charge >= 0.3 is 18.0 Å². The highest BCUT2D eigenvalue weighted by Crippen LogP contribution is 2.36. The molecule has 1 aromatic carbocycles. The van der Waals surface area contributed by atoms with E-state index in [9.17, 15) is 28.1 Å². The summed E-state index contributed by atoms with van der Waals surface area (Å²) in [6.45, 7) is 0. The fourth-order valence-corrected chi connectivity index (χ4v) is 1.32. The van der Waals surface area contributed by atoms with E-state index in [-0.39, 0.29) is 0 Å². The van der Waals surface area contributed by atoms with Gasteiger partial charge in [0.15, 0.2) is 0 Å². The molecule has 0 aliphatic carbocycles. The number of nitro groups is 1. The van der Waals surface area contributed by atoms with Crippen LogP contribution < -0.4 is 4.74 Å². The van der Waals surface area contributed by atoms with Crippen molar-refractivity contribution in [2.45, 2.75) is 6.36 Å². The maximum Gasteiger partial charge on any atom is 0.573 e. The Morgan fingerprint density at radius 1 is 1.45 bits per heavy atom. The van der Waals surface area contributed by atoms with Crippen molar-refractivity contribution in [3.05, 3.63) is 33.4 Å². The molecule has 0 N–H and O–H groups in total. The van der Waals surface area contributed by atoms with Gasteiger partial charge in [-0.1, -0.05) is 0 Å². The molecular formula is C10H5F3N2O5. The molecule has 20 heavy (non-hydrogen) atoms. The Bertz CT molecular complexity index is 606. The van der Waals surface area contributed by atoms with E-state index in [0.29, 0.717) is 6.07 Å². The maximum atomic E-state index is 12.2. The molecule has 0 aliphatic rings. The molecule has 0 bridgehead atoms. The number of nitriles is 1. The molecule has 1 aromatic rings. The number of benzene rings is 1. The number of rotatable bonds is 3. The first-order valence-electron chi connectivity index (χ1n) is 4.76. The minimum Gasteiger partial charge on any atom is -0.465 e. The lowest BCUT2D eigenvalue weighted by atomic mass is 10.1. The second kappa shape index (κ2) is 5.43. The van der Waals surface area contributed by atoms with Crippen LogP contribution in [0.2, 0.25) is 0 Å². The van der Waals surface area contributed by atoms with Crippen molar-refractivity contribution in [2.75, 3.05) is 7.11 Å². The van der Waals surface area contributed by atoms with Crippen molar-refractivity contribution in [3.8, 4) is 11.8 Å². The van der Waals surface area contributed by atoms with Gasteiger partial charge < -0.3 is 9.47 Å². The Morgan fingerprint density at radius 3 is 2.45 bits per heavy atom. The Hall–Kier alpha value is -2.83. The van der Waals surface area contributed by atoms with Crippen molar-refractivity contribution < 1.29 is 32.4 Å². The maximum absolute atomic E-state index is 12.2. The Kier molecular flexibility index (Phi) is 4.14. The largest absolute Gasteiger partial charge is 0.573 e. The summed E-state index contributed by atoms with van der Waals surface area (Å²) in [5.74, 6) is -2.33. The summed E-state index contributed by atoms with van der Waals surface area (Å²) in [7, 11) is 0.958. The zero-order valence-electron chi connectivity index (χ0n) is 9.72. The van der Waals surface area contributed by atoms with Crippen LogP contribution in [0, 0.1) is 21.4 Å². The van der Waals surface area contributed by atoms with Crippen molar-refractivity contribution in [3.63, 3.8) is 0 Å². The van der Waals surface area contributed by atoms with Crippen LogP contribution in [-0.4, -0.2) is 24.4 Å². The summed E-state index contributed by atoms with van der Waals surface area (Å²) in [5.41, 5.74) is -2.41. The summed E-state index contributed by atoms with van der Waals surface area (Å²) >= 11 is 0. The van der Waals surface area contributed by atoms with E-state index in [4.69, 9.17) is 5.26 Å². The summed E-state index contributed by atoms with van der Waals surface area (Å²) in [6.07, 6.45) is -5.22. The predicted octanol–water partition coefficient (Wildman–Crippen LogP) is 2.15. The Morgan fingerprint density at radius 2 is 2.05 bits per heavy atom. The molecule has 0 radical (unpaired) electrons. The third-order valence-corrected chi connectivity index (χ3v) is 2.02. The fraction of sp³-hybridized carbons (Fsp3) is 0.200. The van der Waals surface area contributed by atoms with E-state index in [1.165, 1.54) is 6.07 Å². The average Bonchev–Trinajstić information content (AvgIpc) is 2.34. The van der Waals surface area contributed by atoms with E-state index in [1.54, 1.807) is 0 Å². The Labute approximate surface area is 109 Å². The van der Waals surface area contributed by atoms with Gasteiger partial charge in [-0.15, -0.1) is 13.2 Å². The van der Waals surface area contributed by atoms with Gasteiger partial charge in [0, 0.05) is 6.07 Å². The number of methoxy groups -OCH3 is 1. The summed E-state index contributed by atoms with van der Waals surface area (Å²) in [4.78, 5) is 20.8. The van der Waals surface area contributed by atoms with Crippen LogP contribution in [0.15, 0.2) is 12.1 Å². The summed E-state index contributed by atoms with van der Waals surface area (Å²) in [5, 5.41) is 19.5. The predicted molar refractivity (Wildman–Crippen MR) is 55.8 cm³/mol. The number of ether oxygens (including phenoxy) is 2. The lowest BCUT2D eigenvalue weighted by molar-refractivity contribution is -0.388. The highest BCUT2D eigenvalue weighted by Gasteiger charge is 2.36. The SMILES string of the molecule is COC(=O)c1cc(C#N)c([N+](=O)[O-])c(OC(F)(F)F)c1. The molecule has 0 unspecified atom stereocenters. The first kappa shape index (κ1) is 15.2. The monoisotopic (exact) mass is 290 g/mol. The number of hydrogen-bond donors (Lipinski definition) is 0. The molecule has 0 aliphatic heterocycles.